The minimum absolute atomic E-state index is 0.221. The van der Waals surface area contributed by atoms with Gasteiger partial charge in [0.25, 0.3) is 0 Å². The third-order valence-electron chi connectivity index (χ3n) is 3.91. The van der Waals surface area contributed by atoms with Crippen LogP contribution in [-0.4, -0.2) is 63.9 Å². The second-order valence-corrected chi connectivity index (χ2v) is 7.24. The molecule has 0 aromatic carbocycles. The molecule has 9 heteroatoms. The van der Waals surface area contributed by atoms with Gasteiger partial charge in [0.15, 0.2) is 6.10 Å². The molecule has 0 saturated carbocycles. The van der Waals surface area contributed by atoms with Crippen LogP contribution in [0.3, 0.4) is 0 Å². The van der Waals surface area contributed by atoms with Crippen LogP contribution in [0.4, 0.5) is 18.0 Å². The fourth-order valence-electron chi connectivity index (χ4n) is 2.64. The molecule has 1 aromatic rings. The number of rotatable bonds is 3. The summed E-state index contributed by atoms with van der Waals surface area (Å²) in [5.74, 6) is 0. The Labute approximate surface area is 150 Å². The standard InChI is InChI=1S/C17H24F3N3O3/c1-16(2,3)26-15(25)23-9-7-22(8-10-23)11-12-5-4-6-21-13(12)14(24)17(18,19)20/h4-6,14,24H,7-11H2,1-3H3. The Bertz CT molecular complexity index is 624. The highest BCUT2D eigenvalue weighted by molar-refractivity contribution is 5.68. The second kappa shape index (κ2) is 7.79. The number of carbonyl (C=O) groups excluding carboxylic acids is 1. The molecule has 2 rings (SSSR count). The lowest BCUT2D eigenvalue weighted by Crippen LogP contribution is -2.49. The molecule has 1 aliphatic heterocycles. The number of nitrogens with zero attached hydrogens (tertiary/aromatic N) is 3. The fourth-order valence-corrected chi connectivity index (χ4v) is 2.64. The predicted octanol–water partition coefficient (Wildman–Crippen LogP) is 2.73. The summed E-state index contributed by atoms with van der Waals surface area (Å²) in [5.41, 5.74) is -0.635. The zero-order chi connectivity index (χ0) is 19.5. The average molecular weight is 375 g/mol. The van der Waals surface area contributed by atoms with Crippen LogP contribution in [0, 0.1) is 0 Å². The van der Waals surface area contributed by atoms with Crippen molar-refractivity contribution in [3.63, 3.8) is 0 Å². The van der Waals surface area contributed by atoms with Crippen LogP contribution in [0.1, 0.15) is 38.1 Å². The maximum Gasteiger partial charge on any atom is 0.420 e. The van der Waals surface area contributed by atoms with E-state index in [9.17, 15) is 23.1 Å². The highest BCUT2D eigenvalue weighted by Crippen LogP contribution is 2.33. The lowest BCUT2D eigenvalue weighted by atomic mass is 10.1. The number of hydrogen-bond acceptors (Lipinski definition) is 5. The molecule has 1 unspecified atom stereocenters. The quantitative estimate of drug-likeness (QED) is 0.880. The first-order valence-electron chi connectivity index (χ1n) is 8.36. The van der Waals surface area contributed by atoms with Crippen molar-refractivity contribution < 1.29 is 27.8 Å². The van der Waals surface area contributed by atoms with Gasteiger partial charge in [0.05, 0.1) is 5.69 Å². The summed E-state index contributed by atoms with van der Waals surface area (Å²) < 4.78 is 43.7. The van der Waals surface area contributed by atoms with Crippen molar-refractivity contribution in [3.8, 4) is 0 Å². The molecule has 1 N–H and O–H groups in total. The first kappa shape index (κ1) is 20.4. The van der Waals surface area contributed by atoms with E-state index in [-0.39, 0.29) is 12.2 Å². The summed E-state index contributed by atoms with van der Waals surface area (Å²) in [6.45, 7) is 7.42. The average Bonchev–Trinajstić information content (AvgIpc) is 2.53. The van der Waals surface area contributed by atoms with E-state index in [1.165, 1.54) is 12.3 Å². The molecule has 0 bridgehead atoms. The molecular formula is C17H24F3N3O3. The van der Waals surface area contributed by atoms with Crippen molar-refractivity contribution in [2.45, 2.75) is 45.2 Å². The molecule has 0 radical (unpaired) electrons. The highest BCUT2D eigenvalue weighted by Gasteiger charge is 2.41. The van der Waals surface area contributed by atoms with Crippen molar-refractivity contribution in [1.29, 1.82) is 0 Å². The highest BCUT2D eigenvalue weighted by atomic mass is 19.4. The summed E-state index contributed by atoms with van der Waals surface area (Å²) in [6, 6.07) is 3.07. The van der Waals surface area contributed by atoms with Crippen LogP contribution < -0.4 is 0 Å². The molecule has 1 fully saturated rings. The van der Waals surface area contributed by atoms with Crippen molar-refractivity contribution in [1.82, 2.24) is 14.8 Å². The number of amides is 1. The fraction of sp³-hybridized carbons (Fsp3) is 0.647. The van der Waals surface area contributed by atoms with Crippen molar-refractivity contribution in [2.75, 3.05) is 26.2 Å². The number of aliphatic hydroxyl groups is 1. The van der Waals surface area contributed by atoms with E-state index < -0.39 is 24.0 Å². The Kier molecular flexibility index (Phi) is 6.13. The van der Waals surface area contributed by atoms with Gasteiger partial charge in [-0.15, -0.1) is 0 Å². The number of aliphatic hydroxyl groups excluding tert-OH is 1. The van der Waals surface area contributed by atoms with Gasteiger partial charge in [-0.1, -0.05) is 6.07 Å². The Balaban J connectivity index is 1.97. The van der Waals surface area contributed by atoms with Crippen molar-refractivity contribution in [2.24, 2.45) is 0 Å². The van der Waals surface area contributed by atoms with Gasteiger partial charge in [-0.25, -0.2) is 4.79 Å². The van der Waals surface area contributed by atoms with E-state index in [0.29, 0.717) is 31.7 Å². The number of pyridine rings is 1. The molecule has 1 amide bonds. The summed E-state index contributed by atoms with van der Waals surface area (Å²) in [7, 11) is 0. The first-order valence-corrected chi connectivity index (χ1v) is 8.36. The van der Waals surface area contributed by atoms with E-state index in [1.807, 2.05) is 4.90 Å². The molecule has 0 aliphatic carbocycles. The van der Waals surface area contributed by atoms with E-state index in [2.05, 4.69) is 4.98 Å². The van der Waals surface area contributed by atoms with Gasteiger partial charge < -0.3 is 14.7 Å². The summed E-state index contributed by atoms with van der Waals surface area (Å²) >= 11 is 0. The number of aromatic nitrogens is 1. The van der Waals surface area contributed by atoms with E-state index >= 15 is 0 Å². The van der Waals surface area contributed by atoms with Gasteiger partial charge in [0.2, 0.25) is 0 Å². The molecule has 2 heterocycles. The molecule has 0 spiro atoms. The lowest BCUT2D eigenvalue weighted by Gasteiger charge is -2.35. The number of alkyl halides is 3. The molecule has 1 saturated heterocycles. The third-order valence-corrected chi connectivity index (χ3v) is 3.91. The van der Waals surface area contributed by atoms with Crippen molar-refractivity contribution >= 4 is 6.09 Å². The van der Waals surface area contributed by atoms with Gasteiger partial charge >= 0.3 is 12.3 Å². The topological polar surface area (TPSA) is 65.9 Å². The van der Waals surface area contributed by atoms with Gasteiger partial charge in [-0.05, 0) is 32.4 Å². The molecule has 1 aliphatic rings. The number of piperazine rings is 1. The van der Waals surface area contributed by atoms with Crippen LogP contribution in [-0.2, 0) is 11.3 Å². The molecule has 146 valence electrons. The number of carbonyl (C=O) groups is 1. The Morgan fingerprint density at radius 2 is 1.88 bits per heavy atom. The predicted molar refractivity (Wildman–Crippen MR) is 88.3 cm³/mol. The Morgan fingerprint density at radius 1 is 1.27 bits per heavy atom. The largest absolute Gasteiger partial charge is 0.444 e. The summed E-state index contributed by atoms with van der Waals surface area (Å²) in [4.78, 5) is 19.3. The Morgan fingerprint density at radius 3 is 2.42 bits per heavy atom. The first-order chi connectivity index (χ1) is 12.0. The molecule has 26 heavy (non-hydrogen) atoms. The van der Waals surface area contributed by atoms with Crippen LogP contribution in [0.25, 0.3) is 0 Å². The summed E-state index contributed by atoms with van der Waals surface area (Å²) in [5, 5.41) is 9.51. The monoisotopic (exact) mass is 375 g/mol. The summed E-state index contributed by atoms with van der Waals surface area (Å²) in [6.07, 6.45) is -6.54. The zero-order valence-electron chi connectivity index (χ0n) is 15.1. The van der Waals surface area contributed by atoms with E-state index in [1.54, 1.807) is 31.7 Å². The lowest BCUT2D eigenvalue weighted by molar-refractivity contribution is -0.208. The van der Waals surface area contributed by atoms with Gasteiger partial charge in [0, 0.05) is 38.9 Å². The Hall–Kier alpha value is -1.87. The van der Waals surface area contributed by atoms with Crippen LogP contribution in [0.15, 0.2) is 18.3 Å². The van der Waals surface area contributed by atoms with E-state index in [0.717, 1.165) is 0 Å². The minimum atomic E-state index is -4.77. The van der Waals surface area contributed by atoms with Gasteiger partial charge in [-0.2, -0.15) is 13.2 Å². The van der Waals surface area contributed by atoms with Gasteiger partial charge in [0.1, 0.15) is 5.60 Å². The number of ether oxygens (including phenoxy) is 1. The SMILES string of the molecule is CC(C)(C)OC(=O)N1CCN(Cc2cccnc2C(O)C(F)(F)F)CC1. The maximum atomic E-state index is 12.8. The molecule has 1 aromatic heterocycles. The third kappa shape index (κ3) is 5.57. The van der Waals surface area contributed by atoms with Crippen LogP contribution in [0.2, 0.25) is 0 Å². The number of hydrogen-bond donors (Lipinski definition) is 1. The zero-order valence-corrected chi connectivity index (χ0v) is 15.1. The number of halogens is 3. The second-order valence-electron chi connectivity index (χ2n) is 7.24. The minimum Gasteiger partial charge on any atom is -0.444 e. The smallest absolute Gasteiger partial charge is 0.420 e. The molecule has 6 nitrogen and oxygen atoms in total. The normalized spacial score (nSPS) is 17.9. The molecular weight excluding hydrogens is 351 g/mol. The van der Waals surface area contributed by atoms with Crippen LogP contribution in [0.5, 0.6) is 0 Å². The van der Waals surface area contributed by atoms with E-state index in [4.69, 9.17) is 4.74 Å². The maximum absolute atomic E-state index is 12.8. The van der Waals surface area contributed by atoms with Crippen LogP contribution >= 0.6 is 0 Å². The van der Waals surface area contributed by atoms with Crippen molar-refractivity contribution in [3.05, 3.63) is 29.6 Å². The van der Waals surface area contributed by atoms with Gasteiger partial charge in [-0.3, -0.25) is 9.88 Å². The molecule has 1 atom stereocenters.